The molecule has 0 radical (unpaired) electrons. The van der Waals surface area contributed by atoms with Gasteiger partial charge in [-0.2, -0.15) is 0 Å². The highest BCUT2D eigenvalue weighted by Crippen LogP contribution is 2.21. The van der Waals surface area contributed by atoms with Gasteiger partial charge in [-0.3, -0.25) is 4.79 Å². The molecule has 1 aromatic carbocycles. The van der Waals surface area contributed by atoms with Gasteiger partial charge in [0.05, 0.1) is 5.56 Å². The molecule has 5 nitrogen and oxygen atoms in total. The second-order valence-corrected chi connectivity index (χ2v) is 4.73. The van der Waals surface area contributed by atoms with Crippen molar-refractivity contribution in [3.05, 3.63) is 28.2 Å². The first-order valence-corrected chi connectivity index (χ1v) is 6.27. The van der Waals surface area contributed by atoms with Crippen molar-refractivity contribution in [3.8, 4) is 5.75 Å². The summed E-state index contributed by atoms with van der Waals surface area (Å²) >= 11 is 3.18. The average molecular weight is 316 g/mol. The molecule has 0 aromatic heterocycles. The Hall–Kier alpha value is -1.56. The van der Waals surface area contributed by atoms with Crippen molar-refractivity contribution in [3.63, 3.8) is 0 Å². The zero-order valence-electron chi connectivity index (χ0n) is 9.81. The van der Waals surface area contributed by atoms with Crippen molar-refractivity contribution < 1.29 is 19.8 Å². The molecule has 0 aliphatic heterocycles. The summed E-state index contributed by atoms with van der Waals surface area (Å²) in [6, 6.07) is 3.46. The van der Waals surface area contributed by atoms with Crippen molar-refractivity contribution in [1.82, 2.24) is 5.32 Å². The maximum atomic E-state index is 11.9. The van der Waals surface area contributed by atoms with Crippen LogP contribution in [0.1, 0.15) is 30.1 Å². The number of aromatic hydroxyl groups is 1. The van der Waals surface area contributed by atoms with Crippen LogP contribution in [0.25, 0.3) is 0 Å². The summed E-state index contributed by atoms with van der Waals surface area (Å²) in [4.78, 5) is 22.8. The fraction of sp³-hybridized carbons (Fsp3) is 0.333. The van der Waals surface area contributed by atoms with Gasteiger partial charge in [0, 0.05) is 4.47 Å². The highest BCUT2D eigenvalue weighted by molar-refractivity contribution is 9.10. The molecule has 0 aliphatic rings. The molecule has 1 aromatic rings. The van der Waals surface area contributed by atoms with E-state index >= 15 is 0 Å². The molecule has 1 atom stereocenters. The Labute approximate surface area is 113 Å². The third kappa shape index (κ3) is 3.73. The van der Waals surface area contributed by atoms with Crippen LogP contribution in [0.15, 0.2) is 22.7 Å². The number of nitrogens with one attached hydrogen (secondary N) is 1. The molecule has 1 amide bonds. The summed E-state index contributed by atoms with van der Waals surface area (Å²) in [5.74, 6) is -1.87. The standard InChI is InChI=1S/C12H14BrNO4/c1-2-3-9(12(17)18)14-11(16)8-6-7(13)4-5-10(8)15/h4-6,9,15H,2-3H2,1H3,(H,14,16)(H,17,18)/t9-/m1/s1. The predicted octanol–water partition coefficient (Wildman–Crippen LogP) is 2.14. The van der Waals surface area contributed by atoms with Crippen LogP contribution >= 0.6 is 15.9 Å². The molecular formula is C12H14BrNO4. The van der Waals surface area contributed by atoms with Crippen molar-refractivity contribution in [2.45, 2.75) is 25.8 Å². The number of carbonyl (C=O) groups is 2. The van der Waals surface area contributed by atoms with E-state index in [1.807, 2.05) is 6.92 Å². The van der Waals surface area contributed by atoms with Gasteiger partial charge in [0.25, 0.3) is 5.91 Å². The van der Waals surface area contributed by atoms with Crippen LogP contribution in [0.4, 0.5) is 0 Å². The third-order valence-corrected chi connectivity index (χ3v) is 2.88. The number of amides is 1. The van der Waals surface area contributed by atoms with Gasteiger partial charge in [-0.25, -0.2) is 4.79 Å². The third-order valence-electron chi connectivity index (χ3n) is 2.38. The summed E-state index contributed by atoms with van der Waals surface area (Å²) < 4.78 is 0.632. The molecule has 6 heteroatoms. The van der Waals surface area contributed by atoms with Crippen molar-refractivity contribution in [1.29, 1.82) is 0 Å². The Morgan fingerprint density at radius 2 is 2.11 bits per heavy atom. The van der Waals surface area contributed by atoms with Gasteiger partial charge < -0.3 is 15.5 Å². The second kappa shape index (κ2) is 6.39. The number of carbonyl (C=O) groups excluding carboxylic acids is 1. The zero-order valence-corrected chi connectivity index (χ0v) is 11.4. The van der Waals surface area contributed by atoms with E-state index in [1.165, 1.54) is 12.1 Å². The van der Waals surface area contributed by atoms with Crippen molar-refractivity contribution >= 4 is 27.8 Å². The quantitative estimate of drug-likeness (QED) is 0.777. The molecule has 0 spiro atoms. The van der Waals surface area contributed by atoms with E-state index in [0.29, 0.717) is 17.3 Å². The van der Waals surface area contributed by atoms with Crippen LogP contribution in [0.2, 0.25) is 0 Å². The van der Waals surface area contributed by atoms with Crippen LogP contribution in [-0.2, 0) is 4.79 Å². The first kappa shape index (κ1) is 14.5. The minimum atomic E-state index is -1.08. The lowest BCUT2D eigenvalue weighted by molar-refractivity contribution is -0.139. The Morgan fingerprint density at radius 1 is 1.44 bits per heavy atom. The molecule has 18 heavy (non-hydrogen) atoms. The van der Waals surface area contributed by atoms with Crippen LogP contribution in [-0.4, -0.2) is 28.1 Å². The van der Waals surface area contributed by atoms with E-state index in [9.17, 15) is 14.7 Å². The number of carboxylic acid groups (broad SMARTS) is 1. The number of hydrogen-bond donors (Lipinski definition) is 3. The normalized spacial score (nSPS) is 11.9. The van der Waals surface area contributed by atoms with Crippen LogP contribution in [0.3, 0.4) is 0 Å². The molecular weight excluding hydrogens is 302 g/mol. The fourth-order valence-corrected chi connectivity index (χ4v) is 1.83. The summed E-state index contributed by atoms with van der Waals surface area (Å²) in [6.07, 6.45) is 0.984. The minimum absolute atomic E-state index is 0.0479. The van der Waals surface area contributed by atoms with Gasteiger partial charge in [-0.1, -0.05) is 29.3 Å². The first-order chi connectivity index (χ1) is 8.45. The van der Waals surface area contributed by atoms with Gasteiger partial charge in [-0.15, -0.1) is 0 Å². The molecule has 0 unspecified atom stereocenters. The second-order valence-electron chi connectivity index (χ2n) is 3.81. The SMILES string of the molecule is CCC[C@@H](NC(=O)c1cc(Br)ccc1O)C(=O)O. The lowest BCUT2D eigenvalue weighted by Gasteiger charge is -2.14. The lowest BCUT2D eigenvalue weighted by atomic mass is 10.1. The number of halogens is 1. The van der Waals surface area contributed by atoms with E-state index in [4.69, 9.17) is 5.11 Å². The molecule has 0 saturated heterocycles. The van der Waals surface area contributed by atoms with Gasteiger partial charge in [0.1, 0.15) is 11.8 Å². The van der Waals surface area contributed by atoms with E-state index in [-0.39, 0.29) is 11.3 Å². The molecule has 0 aliphatic carbocycles. The number of rotatable bonds is 5. The van der Waals surface area contributed by atoms with E-state index in [0.717, 1.165) is 0 Å². The van der Waals surface area contributed by atoms with Crippen LogP contribution in [0, 0.1) is 0 Å². The van der Waals surface area contributed by atoms with Gasteiger partial charge >= 0.3 is 5.97 Å². The van der Waals surface area contributed by atoms with Gasteiger partial charge in [0.2, 0.25) is 0 Å². The van der Waals surface area contributed by atoms with Crippen LogP contribution in [0.5, 0.6) is 5.75 Å². The first-order valence-electron chi connectivity index (χ1n) is 5.48. The van der Waals surface area contributed by atoms with Crippen molar-refractivity contribution in [2.24, 2.45) is 0 Å². The Kier molecular flexibility index (Phi) is 5.15. The predicted molar refractivity (Wildman–Crippen MR) is 69.6 cm³/mol. The van der Waals surface area contributed by atoms with Gasteiger partial charge in [0.15, 0.2) is 0 Å². The molecule has 0 bridgehead atoms. The summed E-state index contributed by atoms with van der Waals surface area (Å²) in [7, 11) is 0. The number of benzene rings is 1. The highest BCUT2D eigenvalue weighted by atomic mass is 79.9. The number of aliphatic carboxylic acids is 1. The molecule has 0 saturated carbocycles. The number of hydrogen-bond acceptors (Lipinski definition) is 3. The van der Waals surface area contributed by atoms with Gasteiger partial charge in [-0.05, 0) is 24.6 Å². The number of phenolic OH excluding ortho intramolecular Hbond substituents is 1. The lowest BCUT2D eigenvalue weighted by Crippen LogP contribution is -2.40. The monoisotopic (exact) mass is 315 g/mol. The summed E-state index contributed by atoms with van der Waals surface area (Å²) in [6.45, 7) is 1.83. The molecule has 98 valence electrons. The Bertz CT molecular complexity index is 461. The topological polar surface area (TPSA) is 86.6 Å². The largest absolute Gasteiger partial charge is 0.507 e. The molecule has 1 rings (SSSR count). The maximum Gasteiger partial charge on any atom is 0.326 e. The minimum Gasteiger partial charge on any atom is -0.507 e. The van der Waals surface area contributed by atoms with Crippen molar-refractivity contribution in [2.75, 3.05) is 0 Å². The Morgan fingerprint density at radius 3 is 2.67 bits per heavy atom. The summed E-state index contributed by atoms with van der Waals surface area (Å²) in [5.41, 5.74) is 0.0479. The van der Waals surface area contributed by atoms with Crippen LogP contribution < -0.4 is 5.32 Å². The fourth-order valence-electron chi connectivity index (χ4n) is 1.47. The summed E-state index contributed by atoms with van der Waals surface area (Å²) in [5, 5.41) is 20.9. The molecule has 3 N–H and O–H groups in total. The molecule has 0 fully saturated rings. The van der Waals surface area contributed by atoms with E-state index in [2.05, 4.69) is 21.2 Å². The van der Waals surface area contributed by atoms with E-state index < -0.39 is 17.9 Å². The van der Waals surface area contributed by atoms with E-state index in [1.54, 1.807) is 6.07 Å². The maximum absolute atomic E-state index is 11.9. The Balaban J connectivity index is 2.86. The number of phenols is 1. The smallest absolute Gasteiger partial charge is 0.326 e. The average Bonchev–Trinajstić information content (AvgIpc) is 2.31. The molecule has 0 heterocycles. The highest BCUT2D eigenvalue weighted by Gasteiger charge is 2.21. The number of carboxylic acids is 1. The zero-order chi connectivity index (χ0) is 13.7.